The maximum Gasteiger partial charge on any atom is 0.0608 e. The lowest BCUT2D eigenvalue weighted by atomic mass is 10.3. The van der Waals surface area contributed by atoms with Gasteiger partial charge in [-0.15, -0.1) is 0 Å². The molecule has 12 heavy (non-hydrogen) atoms. The predicted molar refractivity (Wildman–Crippen MR) is 51.9 cm³/mol. The lowest BCUT2D eigenvalue weighted by molar-refractivity contribution is 0.922. The molecule has 0 N–H and O–H groups in total. The fourth-order valence-electron chi connectivity index (χ4n) is 1.23. The number of hydrogen-bond acceptors (Lipinski definition) is 2. The van der Waals surface area contributed by atoms with Crippen LogP contribution in [0.25, 0.3) is 0 Å². The molecule has 0 bridgehead atoms. The average Bonchev–Trinajstić information content (AvgIpc) is 2.56. The summed E-state index contributed by atoms with van der Waals surface area (Å²) in [5, 5.41) is 6.91. The number of nitrogens with zero attached hydrogens (tertiary/aromatic N) is 2. The van der Waals surface area contributed by atoms with Gasteiger partial charge in [-0.1, -0.05) is 17.7 Å². The van der Waals surface area contributed by atoms with Crippen LogP contribution in [-0.4, -0.2) is 12.8 Å². The van der Waals surface area contributed by atoms with E-state index in [-0.39, 0.29) is 0 Å². The molecule has 0 saturated carbocycles. The Morgan fingerprint density at radius 3 is 3.00 bits per heavy atom. The van der Waals surface area contributed by atoms with Gasteiger partial charge in [0.2, 0.25) is 0 Å². The first-order valence-corrected chi connectivity index (χ1v) is 4.29. The summed E-state index contributed by atoms with van der Waals surface area (Å²) < 4.78 is 0. The monoisotopic (exact) mass is 180 g/mol. The molecule has 0 saturated heterocycles. The van der Waals surface area contributed by atoms with Crippen molar-refractivity contribution in [2.45, 2.75) is 6.42 Å². The van der Waals surface area contributed by atoms with Crippen LogP contribution in [0, 0.1) is 0 Å². The topological polar surface area (TPSA) is 15.6 Å². The molecule has 0 amide bonds. The third kappa shape index (κ3) is 1.43. The number of anilines is 1. The van der Waals surface area contributed by atoms with Crippen LogP contribution < -0.4 is 5.01 Å². The van der Waals surface area contributed by atoms with E-state index in [0.29, 0.717) is 0 Å². The molecule has 1 aliphatic heterocycles. The highest BCUT2D eigenvalue weighted by atomic mass is 35.5. The Hall–Kier alpha value is -1.02. The first-order valence-electron chi connectivity index (χ1n) is 3.92. The molecule has 2 rings (SSSR count). The van der Waals surface area contributed by atoms with E-state index in [4.69, 9.17) is 11.6 Å². The normalized spacial score (nSPS) is 15.6. The van der Waals surface area contributed by atoms with E-state index in [1.807, 2.05) is 35.5 Å². The minimum atomic E-state index is 0.759. The first kappa shape index (κ1) is 7.62. The van der Waals surface area contributed by atoms with Crippen LogP contribution in [0.4, 0.5) is 5.69 Å². The summed E-state index contributed by atoms with van der Waals surface area (Å²) in [6.07, 6.45) is 2.94. The zero-order valence-corrected chi connectivity index (χ0v) is 7.33. The molecule has 0 unspecified atom stereocenters. The second kappa shape index (κ2) is 3.15. The molecule has 3 heteroatoms. The van der Waals surface area contributed by atoms with Crippen LogP contribution in [0.2, 0.25) is 5.02 Å². The van der Waals surface area contributed by atoms with E-state index < -0.39 is 0 Å². The fraction of sp³-hybridized carbons (Fsp3) is 0.222. The Morgan fingerprint density at radius 2 is 2.33 bits per heavy atom. The predicted octanol–water partition coefficient (Wildman–Crippen LogP) is 2.54. The highest BCUT2D eigenvalue weighted by molar-refractivity contribution is 6.30. The molecule has 1 aromatic rings. The molecular formula is C9H9ClN2. The van der Waals surface area contributed by atoms with Gasteiger partial charge in [-0.05, 0) is 18.2 Å². The SMILES string of the molecule is Clc1cccc(N2CCC=N2)c1. The summed E-state index contributed by atoms with van der Waals surface area (Å²) in [7, 11) is 0. The summed E-state index contributed by atoms with van der Waals surface area (Å²) in [6.45, 7) is 0.959. The lowest BCUT2D eigenvalue weighted by Gasteiger charge is -2.13. The summed E-state index contributed by atoms with van der Waals surface area (Å²) in [6, 6.07) is 7.73. The fourth-order valence-corrected chi connectivity index (χ4v) is 1.41. The van der Waals surface area contributed by atoms with E-state index in [0.717, 1.165) is 23.7 Å². The summed E-state index contributed by atoms with van der Waals surface area (Å²) >= 11 is 5.84. The standard InChI is InChI=1S/C9H9ClN2/c10-8-3-1-4-9(7-8)12-6-2-5-11-12/h1,3-5,7H,2,6H2. The molecular weight excluding hydrogens is 172 g/mol. The smallest absolute Gasteiger partial charge is 0.0608 e. The molecule has 62 valence electrons. The largest absolute Gasteiger partial charge is 0.265 e. The minimum absolute atomic E-state index is 0.759. The van der Waals surface area contributed by atoms with Gasteiger partial charge in [0.1, 0.15) is 0 Å². The van der Waals surface area contributed by atoms with Gasteiger partial charge in [-0.2, -0.15) is 5.10 Å². The van der Waals surface area contributed by atoms with E-state index in [2.05, 4.69) is 5.10 Å². The second-order valence-electron chi connectivity index (χ2n) is 2.69. The van der Waals surface area contributed by atoms with Crippen molar-refractivity contribution in [3.8, 4) is 0 Å². The van der Waals surface area contributed by atoms with Crippen LogP contribution in [0.5, 0.6) is 0 Å². The van der Waals surface area contributed by atoms with Gasteiger partial charge in [0, 0.05) is 24.2 Å². The first-order chi connectivity index (χ1) is 5.86. The zero-order valence-electron chi connectivity index (χ0n) is 6.57. The second-order valence-corrected chi connectivity index (χ2v) is 3.13. The lowest BCUT2D eigenvalue weighted by Crippen LogP contribution is -2.11. The van der Waals surface area contributed by atoms with Crippen molar-refractivity contribution in [1.29, 1.82) is 0 Å². The molecule has 0 radical (unpaired) electrons. The van der Waals surface area contributed by atoms with Crippen LogP contribution in [0.1, 0.15) is 6.42 Å². The van der Waals surface area contributed by atoms with Crippen molar-refractivity contribution in [3.63, 3.8) is 0 Å². The molecule has 0 spiro atoms. The Labute approximate surface area is 76.4 Å². The minimum Gasteiger partial charge on any atom is -0.265 e. The van der Waals surface area contributed by atoms with Crippen molar-refractivity contribution >= 4 is 23.5 Å². The summed E-state index contributed by atoms with van der Waals surface area (Å²) in [5.74, 6) is 0. The van der Waals surface area contributed by atoms with Gasteiger partial charge in [-0.25, -0.2) is 0 Å². The Balaban J connectivity index is 2.27. The zero-order chi connectivity index (χ0) is 8.39. The van der Waals surface area contributed by atoms with Crippen LogP contribution in [0.15, 0.2) is 29.4 Å². The third-order valence-corrected chi connectivity index (χ3v) is 2.03. The van der Waals surface area contributed by atoms with Crippen molar-refractivity contribution in [1.82, 2.24) is 0 Å². The quantitative estimate of drug-likeness (QED) is 0.649. The Kier molecular flexibility index (Phi) is 2.00. The summed E-state index contributed by atoms with van der Waals surface area (Å²) in [5.41, 5.74) is 1.07. The van der Waals surface area contributed by atoms with Crippen molar-refractivity contribution in [2.75, 3.05) is 11.6 Å². The third-order valence-electron chi connectivity index (χ3n) is 1.80. The van der Waals surface area contributed by atoms with E-state index in [9.17, 15) is 0 Å². The van der Waals surface area contributed by atoms with Gasteiger partial charge in [0.15, 0.2) is 0 Å². The Bertz CT molecular complexity index is 309. The van der Waals surface area contributed by atoms with Gasteiger partial charge < -0.3 is 0 Å². The van der Waals surface area contributed by atoms with Crippen molar-refractivity contribution in [3.05, 3.63) is 29.3 Å². The molecule has 1 aromatic carbocycles. The highest BCUT2D eigenvalue weighted by Gasteiger charge is 2.07. The number of benzene rings is 1. The van der Waals surface area contributed by atoms with Crippen molar-refractivity contribution < 1.29 is 0 Å². The molecule has 1 heterocycles. The Morgan fingerprint density at radius 1 is 1.42 bits per heavy atom. The van der Waals surface area contributed by atoms with E-state index in [1.165, 1.54) is 0 Å². The molecule has 2 nitrogen and oxygen atoms in total. The van der Waals surface area contributed by atoms with Gasteiger partial charge in [0.25, 0.3) is 0 Å². The molecule has 0 aliphatic carbocycles. The highest BCUT2D eigenvalue weighted by Crippen LogP contribution is 2.21. The van der Waals surface area contributed by atoms with Crippen LogP contribution in [0.3, 0.4) is 0 Å². The summed E-state index contributed by atoms with van der Waals surface area (Å²) in [4.78, 5) is 0. The van der Waals surface area contributed by atoms with E-state index in [1.54, 1.807) is 0 Å². The van der Waals surface area contributed by atoms with Crippen molar-refractivity contribution in [2.24, 2.45) is 5.10 Å². The maximum atomic E-state index is 5.84. The van der Waals surface area contributed by atoms with Crippen LogP contribution >= 0.6 is 11.6 Å². The molecule has 0 aromatic heterocycles. The number of rotatable bonds is 1. The number of halogens is 1. The molecule has 0 atom stereocenters. The van der Waals surface area contributed by atoms with Gasteiger partial charge >= 0.3 is 0 Å². The van der Waals surface area contributed by atoms with Crippen LogP contribution in [-0.2, 0) is 0 Å². The van der Waals surface area contributed by atoms with Gasteiger partial charge in [-0.3, -0.25) is 5.01 Å². The average molecular weight is 181 g/mol. The number of hydrazone groups is 1. The molecule has 0 fully saturated rings. The van der Waals surface area contributed by atoms with E-state index >= 15 is 0 Å². The maximum absolute atomic E-state index is 5.84. The van der Waals surface area contributed by atoms with Gasteiger partial charge in [0.05, 0.1) is 5.69 Å². The molecule has 1 aliphatic rings. The number of hydrogen-bond donors (Lipinski definition) is 0.